The molecule has 1 N–H and O–H groups in total. The van der Waals surface area contributed by atoms with Crippen LogP contribution >= 0.6 is 0 Å². The van der Waals surface area contributed by atoms with Crippen LogP contribution in [0.3, 0.4) is 0 Å². The summed E-state index contributed by atoms with van der Waals surface area (Å²) in [5.41, 5.74) is 0.170. The van der Waals surface area contributed by atoms with E-state index < -0.39 is 17.2 Å². The molecule has 0 unspecified atom stereocenters. The summed E-state index contributed by atoms with van der Waals surface area (Å²) in [5, 5.41) is 9.37. The predicted molar refractivity (Wildman–Crippen MR) is 88.8 cm³/mol. The number of rotatable bonds is 4. The second-order valence-electron chi connectivity index (χ2n) is 5.66. The topological polar surface area (TPSA) is 101 Å². The van der Waals surface area contributed by atoms with E-state index in [0.717, 1.165) is 5.69 Å². The Morgan fingerprint density at radius 1 is 1.08 bits per heavy atom. The molecule has 0 bridgehead atoms. The van der Waals surface area contributed by atoms with Gasteiger partial charge in [0, 0.05) is 37.8 Å². The van der Waals surface area contributed by atoms with E-state index >= 15 is 0 Å². The fraction of sp³-hybridized carbons (Fsp3) is 0.235. The van der Waals surface area contributed by atoms with Gasteiger partial charge in [0.15, 0.2) is 5.58 Å². The molecule has 0 radical (unpaired) electrons. The molecule has 2 aromatic heterocycles. The molecule has 7 heteroatoms. The van der Waals surface area contributed by atoms with Crippen LogP contribution in [0.25, 0.3) is 21.9 Å². The van der Waals surface area contributed by atoms with Gasteiger partial charge in [0.1, 0.15) is 11.0 Å². The second-order valence-corrected chi connectivity index (χ2v) is 5.66. The van der Waals surface area contributed by atoms with E-state index in [0.29, 0.717) is 11.0 Å². The lowest BCUT2D eigenvalue weighted by atomic mass is 10.1. The van der Waals surface area contributed by atoms with E-state index in [-0.39, 0.29) is 29.4 Å². The van der Waals surface area contributed by atoms with E-state index in [4.69, 9.17) is 13.9 Å². The Hall–Kier alpha value is -3.09. The number of hydrogen-bond acceptors (Lipinski definition) is 6. The second kappa shape index (κ2) is 5.84. The summed E-state index contributed by atoms with van der Waals surface area (Å²) in [6.07, 6.45) is -0.230. The zero-order valence-corrected chi connectivity index (χ0v) is 13.2. The normalized spacial score (nSPS) is 11.1. The number of aliphatic carboxylic acids is 1. The van der Waals surface area contributed by atoms with Gasteiger partial charge in [-0.05, 0) is 24.6 Å². The van der Waals surface area contributed by atoms with E-state index in [1.54, 1.807) is 12.1 Å². The van der Waals surface area contributed by atoms with Gasteiger partial charge >= 0.3 is 17.2 Å². The first kappa shape index (κ1) is 15.8. The number of carbonyl (C=O) groups is 1. The number of nitrogens with zero attached hydrogens (tertiary/aromatic N) is 1. The number of aryl methyl sites for hydroxylation is 1. The van der Waals surface area contributed by atoms with Crippen molar-refractivity contribution in [1.29, 1.82) is 0 Å². The maximum absolute atomic E-state index is 12.2. The van der Waals surface area contributed by atoms with Crippen LogP contribution in [0.5, 0.6) is 0 Å². The molecule has 0 aliphatic rings. The summed E-state index contributed by atoms with van der Waals surface area (Å²) in [5.74, 6) is -1.03. The number of benzene rings is 1. The molecule has 0 atom stereocenters. The van der Waals surface area contributed by atoms with Crippen molar-refractivity contribution in [3.63, 3.8) is 0 Å². The Morgan fingerprint density at radius 2 is 1.83 bits per heavy atom. The fourth-order valence-corrected chi connectivity index (χ4v) is 2.50. The molecule has 2 heterocycles. The van der Waals surface area contributed by atoms with Crippen LogP contribution in [0.15, 0.2) is 42.7 Å². The molecule has 124 valence electrons. The van der Waals surface area contributed by atoms with Gasteiger partial charge in [-0.2, -0.15) is 0 Å². The van der Waals surface area contributed by atoms with Gasteiger partial charge in [-0.3, -0.25) is 4.79 Å². The monoisotopic (exact) mass is 329 g/mol. The smallest absolute Gasteiger partial charge is 0.347 e. The van der Waals surface area contributed by atoms with Crippen molar-refractivity contribution < 1.29 is 18.7 Å². The molecule has 24 heavy (non-hydrogen) atoms. The first-order valence-corrected chi connectivity index (χ1v) is 7.29. The number of fused-ring (bicyclic) bond motifs is 3. The highest BCUT2D eigenvalue weighted by atomic mass is 16.4. The molecular weight excluding hydrogens is 314 g/mol. The minimum Gasteiger partial charge on any atom is -0.481 e. The molecule has 3 rings (SSSR count). The van der Waals surface area contributed by atoms with E-state index in [9.17, 15) is 14.4 Å². The van der Waals surface area contributed by atoms with Crippen LogP contribution in [0.2, 0.25) is 0 Å². The third-order valence-electron chi connectivity index (χ3n) is 3.78. The van der Waals surface area contributed by atoms with Gasteiger partial charge in [0.05, 0.1) is 5.39 Å². The minimum atomic E-state index is -1.03. The van der Waals surface area contributed by atoms with Gasteiger partial charge in [-0.1, -0.05) is 0 Å². The first-order valence-electron chi connectivity index (χ1n) is 7.29. The summed E-state index contributed by atoms with van der Waals surface area (Å²) in [6.45, 7) is 0. The van der Waals surface area contributed by atoms with Crippen molar-refractivity contribution in [1.82, 2.24) is 0 Å². The Morgan fingerprint density at radius 3 is 2.50 bits per heavy atom. The number of carboxylic acids is 1. The summed E-state index contributed by atoms with van der Waals surface area (Å²) >= 11 is 0. The van der Waals surface area contributed by atoms with E-state index in [1.165, 1.54) is 6.07 Å². The predicted octanol–water partition coefficient (Wildman–Crippen LogP) is 1.98. The molecule has 0 fully saturated rings. The van der Waals surface area contributed by atoms with Crippen LogP contribution in [-0.4, -0.2) is 25.2 Å². The Balaban J connectivity index is 2.25. The molecule has 0 spiro atoms. The molecule has 7 nitrogen and oxygen atoms in total. The minimum absolute atomic E-state index is 0.00927. The fourth-order valence-electron chi connectivity index (χ4n) is 2.50. The van der Waals surface area contributed by atoms with Crippen molar-refractivity contribution in [3.05, 3.63) is 50.7 Å². The molecule has 3 aromatic rings. The summed E-state index contributed by atoms with van der Waals surface area (Å²) in [4.78, 5) is 36.8. The largest absolute Gasteiger partial charge is 0.481 e. The van der Waals surface area contributed by atoms with E-state index in [1.807, 2.05) is 25.1 Å². The Kier molecular flexibility index (Phi) is 3.84. The number of carboxylic acid groups (broad SMARTS) is 1. The van der Waals surface area contributed by atoms with Crippen LogP contribution in [0, 0.1) is 0 Å². The van der Waals surface area contributed by atoms with Crippen molar-refractivity contribution in [2.45, 2.75) is 12.8 Å². The maximum Gasteiger partial charge on any atom is 0.347 e. The standard InChI is InChI=1S/C17H15NO6/c1-18(2)10-4-5-11-13(8-10)23-17(22)12-7-9(3-6-14(19)20)16(21)24-15(11)12/h4-5,7-8H,3,6H2,1-2H3,(H,19,20). The highest BCUT2D eigenvalue weighted by Gasteiger charge is 2.15. The van der Waals surface area contributed by atoms with E-state index in [2.05, 4.69) is 0 Å². The molecule has 0 aliphatic carbocycles. The van der Waals surface area contributed by atoms with Crippen molar-refractivity contribution >= 4 is 33.6 Å². The summed E-state index contributed by atoms with van der Waals surface area (Å²) in [6, 6.07) is 6.58. The van der Waals surface area contributed by atoms with Crippen molar-refractivity contribution in [2.24, 2.45) is 0 Å². The lowest BCUT2D eigenvalue weighted by Gasteiger charge is -2.12. The third kappa shape index (κ3) is 2.76. The summed E-state index contributed by atoms with van der Waals surface area (Å²) < 4.78 is 10.6. The Labute approximate surface area is 135 Å². The van der Waals surface area contributed by atoms with Crippen LogP contribution in [-0.2, 0) is 11.2 Å². The lowest BCUT2D eigenvalue weighted by Crippen LogP contribution is -2.12. The highest BCUT2D eigenvalue weighted by Crippen LogP contribution is 2.26. The molecular formula is C17H15NO6. The van der Waals surface area contributed by atoms with Crippen LogP contribution < -0.4 is 16.2 Å². The zero-order chi connectivity index (χ0) is 17.4. The highest BCUT2D eigenvalue weighted by molar-refractivity contribution is 6.01. The molecule has 0 aliphatic heterocycles. The van der Waals surface area contributed by atoms with Gasteiger partial charge in [-0.15, -0.1) is 0 Å². The van der Waals surface area contributed by atoms with Gasteiger partial charge in [0.25, 0.3) is 0 Å². The molecule has 0 amide bonds. The SMILES string of the molecule is CN(C)c1ccc2c(c1)oc(=O)c1cc(CCC(=O)O)c(=O)oc12. The number of anilines is 1. The number of hydrogen-bond donors (Lipinski definition) is 1. The average Bonchev–Trinajstić information content (AvgIpc) is 2.52. The van der Waals surface area contributed by atoms with Gasteiger partial charge < -0.3 is 18.8 Å². The zero-order valence-electron chi connectivity index (χ0n) is 13.2. The maximum atomic E-state index is 12.2. The average molecular weight is 329 g/mol. The van der Waals surface area contributed by atoms with Gasteiger partial charge in [0.2, 0.25) is 0 Å². The first-order chi connectivity index (χ1) is 11.4. The van der Waals surface area contributed by atoms with Gasteiger partial charge in [-0.25, -0.2) is 9.59 Å². The van der Waals surface area contributed by atoms with Crippen LogP contribution in [0.1, 0.15) is 12.0 Å². The molecule has 0 saturated carbocycles. The van der Waals surface area contributed by atoms with Crippen molar-refractivity contribution in [2.75, 3.05) is 19.0 Å². The Bertz CT molecular complexity index is 1060. The molecule has 1 aromatic carbocycles. The quantitative estimate of drug-likeness (QED) is 0.577. The van der Waals surface area contributed by atoms with Crippen LogP contribution in [0.4, 0.5) is 5.69 Å². The third-order valence-corrected chi connectivity index (χ3v) is 3.78. The lowest BCUT2D eigenvalue weighted by molar-refractivity contribution is -0.136. The van der Waals surface area contributed by atoms with Crippen molar-refractivity contribution in [3.8, 4) is 0 Å². The molecule has 0 saturated heterocycles. The summed E-state index contributed by atoms with van der Waals surface area (Å²) in [7, 11) is 3.71.